The number of ether oxygens (including phenoxy) is 1. The molecule has 172 valence electrons. The number of amides is 1. The van der Waals surface area contributed by atoms with Gasteiger partial charge in [0.1, 0.15) is 0 Å². The van der Waals surface area contributed by atoms with Crippen molar-refractivity contribution in [2.45, 2.75) is 108 Å². The summed E-state index contributed by atoms with van der Waals surface area (Å²) in [6.07, 6.45) is 17.7. The third kappa shape index (κ3) is 5.62. The number of carbonyl (C=O) groups is 1. The molecular formula is C25H39N3O2S. The van der Waals surface area contributed by atoms with E-state index in [9.17, 15) is 4.79 Å². The minimum Gasteiger partial charge on any atom is -0.390 e. The zero-order chi connectivity index (χ0) is 21.0. The highest BCUT2D eigenvalue weighted by Crippen LogP contribution is 2.36. The predicted octanol–water partition coefficient (Wildman–Crippen LogP) is 6.20. The highest BCUT2D eigenvalue weighted by Gasteiger charge is 2.39. The molecule has 1 aromatic heterocycles. The standard InChI is InChI=1S/C25H39N3O2S/c29-25(28(22-11-12-22)21-9-5-2-6-10-21)30-23-18-31-24(26-23)20-13-15-27(16-14-20)17-19-7-3-1-4-8-19/h18-22H,1-17H2. The fourth-order valence-electron chi connectivity index (χ4n) is 6.05. The van der Waals surface area contributed by atoms with Gasteiger partial charge in [0.15, 0.2) is 0 Å². The summed E-state index contributed by atoms with van der Waals surface area (Å²) in [7, 11) is 0. The molecule has 1 aliphatic heterocycles. The fraction of sp³-hybridized carbons (Fsp3) is 0.840. The van der Waals surface area contributed by atoms with Gasteiger partial charge in [0.2, 0.25) is 5.88 Å². The smallest absolute Gasteiger partial charge is 0.390 e. The van der Waals surface area contributed by atoms with Crippen molar-refractivity contribution in [3.63, 3.8) is 0 Å². The summed E-state index contributed by atoms with van der Waals surface area (Å²) in [4.78, 5) is 22.5. The maximum atomic E-state index is 13.0. The molecule has 1 amide bonds. The van der Waals surface area contributed by atoms with Crippen LogP contribution in [-0.2, 0) is 0 Å². The lowest BCUT2D eigenvalue weighted by Crippen LogP contribution is -2.44. The van der Waals surface area contributed by atoms with Crippen molar-refractivity contribution in [2.75, 3.05) is 19.6 Å². The summed E-state index contributed by atoms with van der Waals surface area (Å²) in [5, 5.41) is 3.11. The Bertz CT molecular complexity index is 714. The van der Waals surface area contributed by atoms with Crippen LogP contribution in [0.4, 0.5) is 4.79 Å². The summed E-state index contributed by atoms with van der Waals surface area (Å²) in [5.74, 6) is 1.98. The van der Waals surface area contributed by atoms with Gasteiger partial charge >= 0.3 is 6.09 Å². The lowest BCUT2D eigenvalue weighted by atomic mass is 9.88. The lowest BCUT2D eigenvalue weighted by Gasteiger charge is -2.34. The number of aromatic nitrogens is 1. The Balaban J connectivity index is 1.12. The minimum absolute atomic E-state index is 0.159. The molecule has 0 bridgehead atoms. The number of thiazole rings is 1. The van der Waals surface area contributed by atoms with Crippen LogP contribution in [0.15, 0.2) is 5.38 Å². The van der Waals surface area contributed by atoms with Crippen molar-refractivity contribution in [1.82, 2.24) is 14.8 Å². The van der Waals surface area contributed by atoms with Gasteiger partial charge in [0.25, 0.3) is 0 Å². The van der Waals surface area contributed by atoms with Crippen LogP contribution in [-0.4, -0.2) is 52.6 Å². The molecule has 3 aliphatic carbocycles. The SMILES string of the molecule is O=C(Oc1csc(C2CCN(CC3CCCCC3)CC2)n1)N(C1CCCCC1)C1CC1. The number of likely N-dealkylation sites (tertiary alicyclic amines) is 1. The number of nitrogens with zero attached hydrogens (tertiary/aromatic N) is 3. The van der Waals surface area contributed by atoms with Crippen molar-refractivity contribution < 1.29 is 9.53 Å². The van der Waals surface area contributed by atoms with Crippen LogP contribution < -0.4 is 4.74 Å². The third-order valence-corrected chi connectivity index (χ3v) is 8.98. The van der Waals surface area contributed by atoms with E-state index in [1.807, 2.05) is 5.38 Å². The van der Waals surface area contributed by atoms with E-state index >= 15 is 0 Å². The molecule has 3 saturated carbocycles. The number of piperidine rings is 1. The second-order valence-electron chi connectivity index (χ2n) is 10.4. The molecular weight excluding hydrogens is 406 g/mol. The highest BCUT2D eigenvalue weighted by atomic mass is 32.1. The maximum Gasteiger partial charge on any atom is 0.417 e. The number of carbonyl (C=O) groups excluding carboxylic acids is 1. The van der Waals surface area contributed by atoms with Crippen molar-refractivity contribution in [2.24, 2.45) is 5.92 Å². The van der Waals surface area contributed by atoms with E-state index in [1.165, 1.54) is 83.8 Å². The average Bonchev–Trinajstić information content (AvgIpc) is 3.53. The number of hydrogen-bond donors (Lipinski definition) is 0. The minimum atomic E-state index is -0.159. The Kier molecular flexibility index (Phi) is 7.14. The molecule has 31 heavy (non-hydrogen) atoms. The van der Waals surface area contributed by atoms with Gasteiger partial charge in [-0.25, -0.2) is 9.78 Å². The zero-order valence-electron chi connectivity index (χ0n) is 19.0. The summed E-state index contributed by atoms with van der Waals surface area (Å²) in [5.41, 5.74) is 0. The van der Waals surface area contributed by atoms with Crippen molar-refractivity contribution >= 4 is 17.4 Å². The molecule has 0 radical (unpaired) electrons. The van der Waals surface area contributed by atoms with Crippen LogP contribution in [0, 0.1) is 5.92 Å². The zero-order valence-corrected chi connectivity index (χ0v) is 19.8. The Morgan fingerprint density at radius 1 is 0.935 bits per heavy atom. The Morgan fingerprint density at radius 2 is 1.58 bits per heavy atom. The van der Waals surface area contributed by atoms with Crippen LogP contribution in [0.5, 0.6) is 5.88 Å². The van der Waals surface area contributed by atoms with Crippen LogP contribution in [0.3, 0.4) is 0 Å². The van der Waals surface area contributed by atoms with E-state index < -0.39 is 0 Å². The molecule has 0 spiro atoms. The van der Waals surface area contributed by atoms with Gasteiger partial charge in [-0.15, -0.1) is 11.3 Å². The van der Waals surface area contributed by atoms with Crippen LogP contribution in [0.2, 0.25) is 0 Å². The molecule has 1 saturated heterocycles. The molecule has 0 N–H and O–H groups in total. The van der Waals surface area contributed by atoms with E-state index in [0.29, 0.717) is 23.9 Å². The average molecular weight is 446 g/mol. The number of hydrogen-bond acceptors (Lipinski definition) is 5. The molecule has 0 unspecified atom stereocenters. The van der Waals surface area contributed by atoms with Crippen LogP contribution >= 0.6 is 11.3 Å². The monoisotopic (exact) mass is 445 g/mol. The molecule has 2 heterocycles. The van der Waals surface area contributed by atoms with Crippen LogP contribution in [0.25, 0.3) is 0 Å². The van der Waals surface area contributed by atoms with E-state index in [1.54, 1.807) is 11.3 Å². The normalized spacial score (nSPS) is 24.9. The first-order valence-electron chi connectivity index (χ1n) is 12.9. The fourth-order valence-corrected chi connectivity index (χ4v) is 6.95. The van der Waals surface area contributed by atoms with E-state index in [4.69, 9.17) is 9.72 Å². The molecule has 5 rings (SSSR count). The van der Waals surface area contributed by atoms with Crippen molar-refractivity contribution in [3.05, 3.63) is 10.4 Å². The largest absolute Gasteiger partial charge is 0.417 e. The maximum absolute atomic E-state index is 13.0. The molecule has 6 heteroatoms. The first kappa shape index (κ1) is 21.7. The molecule has 0 atom stereocenters. The van der Waals surface area contributed by atoms with E-state index in [2.05, 4.69) is 9.80 Å². The predicted molar refractivity (Wildman–Crippen MR) is 125 cm³/mol. The Hall–Kier alpha value is -1.14. The first-order valence-corrected chi connectivity index (χ1v) is 13.8. The molecule has 4 aliphatic rings. The van der Waals surface area contributed by atoms with Gasteiger partial charge in [0, 0.05) is 24.5 Å². The molecule has 0 aromatic carbocycles. The van der Waals surface area contributed by atoms with Crippen LogP contribution in [0.1, 0.15) is 101 Å². The summed E-state index contributed by atoms with van der Waals surface area (Å²) in [6, 6.07) is 0.780. The quantitative estimate of drug-likeness (QED) is 0.523. The molecule has 5 nitrogen and oxygen atoms in total. The summed E-state index contributed by atoms with van der Waals surface area (Å²) >= 11 is 1.68. The van der Waals surface area contributed by atoms with Gasteiger partial charge in [-0.2, -0.15) is 0 Å². The third-order valence-electron chi connectivity index (χ3n) is 7.99. The Morgan fingerprint density at radius 3 is 2.26 bits per heavy atom. The van der Waals surface area contributed by atoms with Gasteiger partial charge < -0.3 is 14.5 Å². The van der Waals surface area contributed by atoms with Crippen molar-refractivity contribution in [1.29, 1.82) is 0 Å². The van der Waals surface area contributed by atoms with E-state index in [0.717, 1.165) is 36.6 Å². The summed E-state index contributed by atoms with van der Waals surface area (Å²) in [6.45, 7) is 3.67. The first-order chi connectivity index (χ1) is 15.3. The topological polar surface area (TPSA) is 45.7 Å². The summed E-state index contributed by atoms with van der Waals surface area (Å²) < 4.78 is 5.80. The van der Waals surface area contributed by atoms with Gasteiger partial charge in [0.05, 0.1) is 10.4 Å². The molecule has 1 aromatic rings. The number of rotatable bonds is 6. The van der Waals surface area contributed by atoms with Gasteiger partial charge in [-0.1, -0.05) is 38.5 Å². The highest BCUT2D eigenvalue weighted by molar-refractivity contribution is 7.09. The Labute approximate surface area is 191 Å². The van der Waals surface area contributed by atoms with Gasteiger partial charge in [-0.3, -0.25) is 0 Å². The molecule has 4 fully saturated rings. The lowest BCUT2D eigenvalue weighted by molar-refractivity contribution is 0.111. The second kappa shape index (κ2) is 10.2. The van der Waals surface area contributed by atoms with E-state index in [-0.39, 0.29) is 6.09 Å². The second-order valence-corrected chi connectivity index (χ2v) is 11.3. The van der Waals surface area contributed by atoms with Gasteiger partial charge in [-0.05, 0) is 70.4 Å². The van der Waals surface area contributed by atoms with Crippen molar-refractivity contribution in [3.8, 4) is 5.88 Å².